The molecule has 0 spiro atoms. The van der Waals surface area contributed by atoms with Gasteiger partial charge in [-0.2, -0.15) is 0 Å². The molecule has 3 rings (SSSR count). The van der Waals surface area contributed by atoms with Crippen LogP contribution in [-0.2, 0) is 4.74 Å². The second kappa shape index (κ2) is 7.37. The van der Waals surface area contributed by atoms with Crippen molar-refractivity contribution in [2.75, 3.05) is 19.7 Å². The number of hydrogen-bond acceptors (Lipinski definition) is 5. The molecule has 2 aromatic rings. The lowest BCUT2D eigenvalue weighted by atomic mass is 9.98. The molecular formula is C17H18N2O3S. The standard InChI is InChI=1S/C17H18N2O3S/c20-16(14-6-2-1-3-7-14)19-8-4-5-13(9-19)10-22-17(21)15-11-23-12-18-15/h1-3,6-7,11-13H,4-5,8-10H2. The highest BCUT2D eigenvalue weighted by atomic mass is 32.1. The number of likely N-dealkylation sites (tertiary alicyclic amines) is 1. The van der Waals surface area contributed by atoms with E-state index in [4.69, 9.17) is 4.74 Å². The van der Waals surface area contributed by atoms with Crippen LogP contribution in [0.5, 0.6) is 0 Å². The van der Waals surface area contributed by atoms with Crippen molar-refractivity contribution in [3.05, 3.63) is 52.5 Å². The molecule has 0 radical (unpaired) electrons. The van der Waals surface area contributed by atoms with Crippen LogP contribution in [0.2, 0.25) is 0 Å². The van der Waals surface area contributed by atoms with Crippen molar-refractivity contribution in [2.24, 2.45) is 5.92 Å². The van der Waals surface area contributed by atoms with E-state index in [0.717, 1.165) is 19.4 Å². The van der Waals surface area contributed by atoms with Gasteiger partial charge in [-0.05, 0) is 25.0 Å². The number of hydrogen-bond donors (Lipinski definition) is 0. The second-order valence-electron chi connectivity index (χ2n) is 5.60. The van der Waals surface area contributed by atoms with Gasteiger partial charge in [0.05, 0.1) is 12.1 Å². The summed E-state index contributed by atoms with van der Waals surface area (Å²) in [5, 5.41) is 1.68. The molecule has 1 fully saturated rings. The Morgan fingerprint density at radius 1 is 1.30 bits per heavy atom. The van der Waals surface area contributed by atoms with Gasteiger partial charge in [-0.15, -0.1) is 11.3 Å². The molecule has 1 aromatic carbocycles. The van der Waals surface area contributed by atoms with Gasteiger partial charge >= 0.3 is 5.97 Å². The maximum atomic E-state index is 12.5. The van der Waals surface area contributed by atoms with Crippen molar-refractivity contribution < 1.29 is 14.3 Å². The van der Waals surface area contributed by atoms with E-state index in [-0.39, 0.29) is 11.8 Å². The van der Waals surface area contributed by atoms with Gasteiger partial charge in [0, 0.05) is 30.0 Å². The maximum absolute atomic E-state index is 12.5. The zero-order valence-corrected chi connectivity index (χ0v) is 13.5. The van der Waals surface area contributed by atoms with Crippen molar-refractivity contribution in [3.8, 4) is 0 Å². The van der Waals surface area contributed by atoms with Crippen molar-refractivity contribution >= 4 is 23.2 Å². The smallest absolute Gasteiger partial charge is 0.357 e. The Bertz CT molecular complexity index is 658. The van der Waals surface area contributed by atoms with Gasteiger partial charge in [0.15, 0.2) is 5.69 Å². The third-order valence-corrected chi connectivity index (χ3v) is 4.50. The summed E-state index contributed by atoms with van der Waals surface area (Å²) in [6.07, 6.45) is 1.89. The summed E-state index contributed by atoms with van der Waals surface area (Å²) in [6.45, 7) is 1.71. The first-order valence-electron chi connectivity index (χ1n) is 7.63. The van der Waals surface area contributed by atoms with E-state index < -0.39 is 5.97 Å². The molecule has 5 nitrogen and oxygen atoms in total. The lowest BCUT2D eigenvalue weighted by Gasteiger charge is -2.32. The highest BCUT2D eigenvalue weighted by Gasteiger charge is 2.25. The molecule has 0 aliphatic carbocycles. The molecular weight excluding hydrogens is 312 g/mol. The van der Waals surface area contributed by atoms with E-state index in [0.29, 0.717) is 24.4 Å². The SMILES string of the molecule is O=C(OCC1CCCN(C(=O)c2ccccc2)C1)c1cscn1. The number of aromatic nitrogens is 1. The maximum Gasteiger partial charge on any atom is 0.357 e. The van der Waals surface area contributed by atoms with Gasteiger partial charge in [-0.3, -0.25) is 4.79 Å². The molecule has 1 amide bonds. The van der Waals surface area contributed by atoms with Gasteiger partial charge < -0.3 is 9.64 Å². The topological polar surface area (TPSA) is 59.5 Å². The zero-order chi connectivity index (χ0) is 16.1. The average Bonchev–Trinajstić information content (AvgIpc) is 3.15. The normalized spacial score (nSPS) is 17.7. The van der Waals surface area contributed by atoms with Crippen LogP contribution in [0.25, 0.3) is 0 Å². The lowest BCUT2D eigenvalue weighted by molar-refractivity contribution is 0.0337. The first kappa shape index (κ1) is 15.7. The summed E-state index contributed by atoms with van der Waals surface area (Å²) in [6, 6.07) is 9.28. The van der Waals surface area contributed by atoms with Gasteiger partial charge in [0.2, 0.25) is 0 Å². The number of carbonyl (C=O) groups excluding carboxylic acids is 2. The van der Waals surface area contributed by atoms with Crippen LogP contribution in [0, 0.1) is 5.92 Å². The summed E-state index contributed by atoms with van der Waals surface area (Å²) in [4.78, 5) is 30.1. The third kappa shape index (κ3) is 3.96. The van der Waals surface area contributed by atoms with Gasteiger partial charge in [-0.25, -0.2) is 9.78 Å². The molecule has 1 aliphatic rings. The molecule has 0 bridgehead atoms. The molecule has 120 valence electrons. The van der Waals surface area contributed by atoms with Crippen molar-refractivity contribution in [1.29, 1.82) is 0 Å². The molecule has 0 saturated carbocycles. The average molecular weight is 330 g/mol. The minimum Gasteiger partial charge on any atom is -0.461 e. The molecule has 1 aliphatic heterocycles. The van der Waals surface area contributed by atoms with Gasteiger partial charge in [0.25, 0.3) is 5.91 Å². The summed E-state index contributed by atoms with van der Waals surface area (Å²) >= 11 is 1.37. The van der Waals surface area contributed by atoms with Crippen LogP contribution in [0.3, 0.4) is 0 Å². The first-order valence-corrected chi connectivity index (χ1v) is 8.58. The molecule has 6 heteroatoms. The van der Waals surface area contributed by atoms with E-state index in [2.05, 4.69) is 4.98 Å². The molecule has 0 N–H and O–H groups in total. The number of carbonyl (C=O) groups is 2. The van der Waals surface area contributed by atoms with E-state index in [9.17, 15) is 9.59 Å². The summed E-state index contributed by atoms with van der Waals surface area (Å²) < 4.78 is 5.33. The lowest BCUT2D eigenvalue weighted by Crippen LogP contribution is -2.41. The third-order valence-electron chi connectivity index (χ3n) is 3.92. The molecule has 1 atom stereocenters. The first-order chi connectivity index (χ1) is 11.2. The van der Waals surface area contributed by atoms with E-state index in [1.165, 1.54) is 11.3 Å². The number of rotatable bonds is 4. The number of thiazole rings is 1. The van der Waals surface area contributed by atoms with Crippen LogP contribution < -0.4 is 0 Å². The molecule has 1 saturated heterocycles. The summed E-state index contributed by atoms with van der Waals surface area (Å²) in [7, 11) is 0. The van der Waals surface area contributed by atoms with Crippen LogP contribution in [0.4, 0.5) is 0 Å². The fourth-order valence-corrected chi connectivity index (χ4v) is 3.25. The quantitative estimate of drug-likeness (QED) is 0.809. The van der Waals surface area contributed by atoms with E-state index in [1.54, 1.807) is 10.9 Å². The highest BCUT2D eigenvalue weighted by Crippen LogP contribution is 2.19. The fourth-order valence-electron chi connectivity index (χ4n) is 2.73. The minimum absolute atomic E-state index is 0.0427. The Morgan fingerprint density at radius 2 is 2.13 bits per heavy atom. The Morgan fingerprint density at radius 3 is 2.87 bits per heavy atom. The number of esters is 1. The molecule has 1 unspecified atom stereocenters. The Labute approximate surface area is 138 Å². The number of benzene rings is 1. The van der Waals surface area contributed by atoms with Crippen LogP contribution in [0.1, 0.15) is 33.7 Å². The molecule has 23 heavy (non-hydrogen) atoms. The summed E-state index contributed by atoms with van der Waals surface area (Å²) in [5.74, 6) is -0.169. The van der Waals surface area contributed by atoms with E-state index >= 15 is 0 Å². The number of piperidine rings is 1. The second-order valence-corrected chi connectivity index (χ2v) is 6.32. The number of ether oxygens (including phenoxy) is 1. The van der Waals surface area contributed by atoms with Crippen LogP contribution >= 0.6 is 11.3 Å². The van der Waals surface area contributed by atoms with Crippen LogP contribution in [0.15, 0.2) is 41.2 Å². The molecule has 1 aromatic heterocycles. The summed E-state index contributed by atoms with van der Waals surface area (Å²) in [5.41, 5.74) is 2.66. The number of nitrogens with zero attached hydrogens (tertiary/aromatic N) is 2. The van der Waals surface area contributed by atoms with E-state index in [1.807, 2.05) is 35.2 Å². The Balaban J connectivity index is 1.54. The fraction of sp³-hybridized carbons (Fsp3) is 0.353. The van der Waals surface area contributed by atoms with Crippen molar-refractivity contribution in [3.63, 3.8) is 0 Å². The largest absolute Gasteiger partial charge is 0.461 e. The van der Waals surface area contributed by atoms with Crippen LogP contribution in [-0.4, -0.2) is 41.5 Å². The Hall–Kier alpha value is -2.21. The zero-order valence-electron chi connectivity index (χ0n) is 12.7. The Kier molecular flexibility index (Phi) is 5.02. The highest BCUT2D eigenvalue weighted by molar-refractivity contribution is 7.07. The monoisotopic (exact) mass is 330 g/mol. The predicted octanol–water partition coefficient (Wildman–Crippen LogP) is 2.85. The van der Waals surface area contributed by atoms with Gasteiger partial charge in [0.1, 0.15) is 0 Å². The van der Waals surface area contributed by atoms with Crippen molar-refractivity contribution in [1.82, 2.24) is 9.88 Å². The van der Waals surface area contributed by atoms with Gasteiger partial charge in [-0.1, -0.05) is 18.2 Å². The molecule has 2 heterocycles. The van der Waals surface area contributed by atoms with Crippen molar-refractivity contribution in [2.45, 2.75) is 12.8 Å². The minimum atomic E-state index is -0.391. The predicted molar refractivity (Wildman–Crippen MR) is 87.5 cm³/mol. The number of amides is 1.